The van der Waals surface area contributed by atoms with E-state index in [1.54, 1.807) is 0 Å². The molecule has 0 aliphatic rings. The normalized spacial score (nSPS) is 11.1. The average Bonchev–Trinajstić information content (AvgIpc) is 2.78. The van der Waals surface area contributed by atoms with E-state index in [4.69, 9.17) is 5.73 Å². The largest absolute Gasteiger partial charge is 0.375 e. The molecule has 1 aromatic carbocycles. The molecule has 0 bridgehead atoms. The van der Waals surface area contributed by atoms with Crippen LogP contribution in [0.1, 0.15) is 0 Å². The first-order valence-electron chi connectivity index (χ1n) is 4.61. The summed E-state index contributed by atoms with van der Waals surface area (Å²) in [6.07, 6.45) is 0. The van der Waals surface area contributed by atoms with Crippen molar-refractivity contribution < 1.29 is 0 Å². The van der Waals surface area contributed by atoms with E-state index in [0.717, 1.165) is 26.1 Å². The van der Waals surface area contributed by atoms with Crippen LogP contribution in [0.15, 0.2) is 28.7 Å². The smallest absolute Gasteiger partial charge is 0.182 e. The Morgan fingerprint density at radius 3 is 2.94 bits per heavy atom. The Hall–Kier alpha value is -1.40. The Kier molecular flexibility index (Phi) is 2.19. The monoisotopic (exact) mass is 294 g/mol. The van der Waals surface area contributed by atoms with Crippen LogP contribution in [0.25, 0.3) is 21.6 Å². The molecule has 80 valence electrons. The van der Waals surface area contributed by atoms with E-state index in [9.17, 15) is 0 Å². The highest BCUT2D eigenvalue weighted by molar-refractivity contribution is 9.10. The van der Waals surface area contributed by atoms with Crippen molar-refractivity contribution in [3.8, 4) is 11.3 Å². The van der Waals surface area contributed by atoms with Crippen LogP contribution in [0.2, 0.25) is 0 Å². The maximum absolute atomic E-state index is 5.67. The second-order valence-electron chi connectivity index (χ2n) is 3.28. The molecule has 0 unspecified atom stereocenters. The summed E-state index contributed by atoms with van der Waals surface area (Å²) in [7, 11) is 0. The lowest BCUT2D eigenvalue weighted by Gasteiger charge is -1.98. The van der Waals surface area contributed by atoms with Gasteiger partial charge in [0.1, 0.15) is 10.4 Å². The number of nitrogens with one attached hydrogen (secondary N) is 1. The lowest BCUT2D eigenvalue weighted by Crippen LogP contribution is -1.82. The van der Waals surface area contributed by atoms with Gasteiger partial charge in [-0.2, -0.15) is 5.10 Å². The minimum absolute atomic E-state index is 0.553. The molecule has 6 heteroatoms. The van der Waals surface area contributed by atoms with Gasteiger partial charge in [0.2, 0.25) is 0 Å². The quantitative estimate of drug-likeness (QED) is 0.725. The van der Waals surface area contributed by atoms with Gasteiger partial charge in [-0.25, -0.2) is 4.98 Å². The van der Waals surface area contributed by atoms with Crippen molar-refractivity contribution in [3.63, 3.8) is 0 Å². The van der Waals surface area contributed by atoms with Crippen LogP contribution >= 0.6 is 27.3 Å². The van der Waals surface area contributed by atoms with Gasteiger partial charge >= 0.3 is 0 Å². The lowest BCUT2D eigenvalue weighted by molar-refractivity contribution is 1.10. The maximum atomic E-state index is 5.67. The number of hydrogen-bond donors (Lipinski definition) is 2. The summed E-state index contributed by atoms with van der Waals surface area (Å²) in [5.74, 6) is 0. The molecule has 0 atom stereocenters. The van der Waals surface area contributed by atoms with Crippen molar-refractivity contribution in [1.29, 1.82) is 0 Å². The van der Waals surface area contributed by atoms with E-state index < -0.39 is 0 Å². The second kappa shape index (κ2) is 3.57. The molecular weight excluding hydrogens is 288 g/mol. The molecule has 2 aromatic heterocycles. The molecular formula is C10H7BrN4S. The number of aromatic nitrogens is 3. The molecule has 0 saturated heterocycles. The van der Waals surface area contributed by atoms with E-state index in [1.165, 1.54) is 11.3 Å². The molecule has 0 amide bonds. The van der Waals surface area contributed by atoms with E-state index in [2.05, 4.69) is 31.1 Å². The first-order chi connectivity index (χ1) is 7.75. The van der Waals surface area contributed by atoms with Gasteiger partial charge < -0.3 is 5.73 Å². The first-order valence-corrected chi connectivity index (χ1v) is 6.22. The zero-order valence-corrected chi connectivity index (χ0v) is 10.5. The number of nitrogens with two attached hydrogens (primary N) is 1. The number of fused-ring (bicyclic) bond motifs is 1. The Bertz CT molecular complexity index is 658. The molecule has 3 rings (SSSR count). The van der Waals surface area contributed by atoms with Gasteiger partial charge in [-0.3, -0.25) is 5.10 Å². The number of nitrogen functional groups attached to an aromatic ring is 1. The fourth-order valence-electron chi connectivity index (χ4n) is 1.57. The van der Waals surface area contributed by atoms with Crippen molar-refractivity contribution in [2.75, 3.05) is 5.73 Å². The van der Waals surface area contributed by atoms with Crippen molar-refractivity contribution in [1.82, 2.24) is 15.2 Å². The summed E-state index contributed by atoms with van der Waals surface area (Å²) in [5.41, 5.74) is 8.34. The Labute approximate surface area is 104 Å². The Morgan fingerprint density at radius 1 is 1.31 bits per heavy atom. The number of anilines is 1. The standard InChI is InChI=1S/C10H7BrN4S/c11-6-4-2-1-3-5(6)7-8-9(15-14-7)13-10(12)16-8/h1-4H,(H3,12,13,14,15). The highest BCUT2D eigenvalue weighted by atomic mass is 79.9. The third-order valence-electron chi connectivity index (χ3n) is 2.26. The van der Waals surface area contributed by atoms with Crippen molar-refractivity contribution in [2.45, 2.75) is 0 Å². The number of halogens is 1. The fourth-order valence-corrected chi connectivity index (χ4v) is 2.83. The van der Waals surface area contributed by atoms with Crippen LogP contribution in [0, 0.1) is 0 Å². The SMILES string of the molecule is Nc1nc2[nH]nc(-c3ccccc3Br)c2s1. The molecule has 0 radical (unpaired) electrons. The van der Waals surface area contributed by atoms with E-state index in [-0.39, 0.29) is 0 Å². The van der Waals surface area contributed by atoms with Crippen LogP contribution in [0.3, 0.4) is 0 Å². The summed E-state index contributed by atoms with van der Waals surface area (Å²) >= 11 is 4.95. The number of nitrogens with zero attached hydrogens (tertiary/aromatic N) is 2. The van der Waals surface area contributed by atoms with Gasteiger partial charge in [-0.1, -0.05) is 45.5 Å². The number of H-pyrrole nitrogens is 1. The third-order valence-corrected chi connectivity index (χ3v) is 3.84. The third kappa shape index (κ3) is 1.42. The number of hydrogen-bond acceptors (Lipinski definition) is 4. The van der Waals surface area contributed by atoms with Gasteiger partial charge in [0, 0.05) is 10.0 Å². The molecule has 0 fully saturated rings. The van der Waals surface area contributed by atoms with Crippen LogP contribution in [-0.2, 0) is 0 Å². The maximum Gasteiger partial charge on any atom is 0.182 e. The minimum atomic E-state index is 0.553. The first kappa shape index (κ1) is 9.80. The molecule has 3 aromatic rings. The molecule has 0 aliphatic carbocycles. The second-order valence-corrected chi connectivity index (χ2v) is 5.17. The zero-order chi connectivity index (χ0) is 11.1. The molecule has 4 nitrogen and oxygen atoms in total. The Balaban J connectivity index is 2.30. The van der Waals surface area contributed by atoms with Crippen LogP contribution in [0.4, 0.5) is 5.13 Å². The highest BCUT2D eigenvalue weighted by Crippen LogP contribution is 2.35. The minimum Gasteiger partial charge on any atom is -0.375 e. The van der Waals surface area contributed by atoms with Crippen molar-refractivity contribution in [3.05, 3.63) is 28.7 Å². The number of thiazole rings is 1. The predicted octanol–water partition coefficient (Wildman–Crippen LogP) is 3.03. The summed E-state index contributed by atoms with van der Waals surface area (Å²) in [6.45, 7) is 0. The summed E-state index contributed by atoms with van der Waals surface area (Å²) in [5, 5.41) is 7.70. The Morgan fingerprint density at radius 2 is 2.12 bits per heavy atom. The lowest BCUT2D eigenvalue weighted by atomic mass is 10.1. The van der Waals surface area contributed by atoms with E-state index >= 15 is 0 Å². The predicted molar refractivity (Wildman–Crippen MR) is 69.3 cm³/mol. The topological polar surface area (TPSA) is 67.6 Å². The van der Waals surface area contributed by atoms with Crippen LogP contribution < -0.4 is 5.73 Å². The molecule has 2 heterocycles. The van der Waals surface area contributed by atoms with Gasteiger partial charge in [0.05, 0.1) is 0 Å². The molecule has 0 saturated carbocycles. The summed E-state index contributed by atoms with van der Waals surface area (Å²) < 4.78 is 2.00. The van der Waals surface area contributed by atoms with Gasteiger partial charge in [0.25, 0.3) is 0 Å². The van der Waals surface area contributed by atoms with Gasteiger partial charge in [0.15, 0.2) is 10.8 Å². The number of benzene rings is 1. The zero-order valence-electron chi connectivity index (χ0n) is 8.07. The van der Waals surface area contributed by atoms with Gasteiger partial charge in [-0.15, -0.1) is 0 Å². The van der Waals surface area contributed by atoms with E-state index in [0.29, 0.717) is 5.13 Å². The van der Waals surface area contributed by atoms with Crippen molar-refractivity contribution in [2.24, 2.45) is 0 Å². The molecule has 0 aliphatic heterocycles. The molecule has 3 N–H and O–H groups in total. The van der Waals surface area contributed by atoms with Gasteiger partial charge in [-0.05, 0) is 6.07 Å². The van der Waals surface area contributed by atoms with Crippen LogP contribution in [-0.4, -0.2) is 15.2 Å². The number of rotatable bonds is 1. The molecule has 0 spiro atoms. The fraction of sp³-hybridized carbons (Fsp3) is 0. The van der Waals surface area contributed by atoms with E-state index in [1.807, 2.05) is 24.3 Å². The summed E-state index contributed by atoms with van der Waals surface area (Å²) in [6, 6.07) is 7.94. The highest BCUT2D eigenvalue weighted by Gasteiger charge is 2.13. The molecule has 16 heavy (non-hydrogen) atoms. The summed E-state index contributed by atoms with van der Waals surface area (Å²) in [4.78, 5) is 4.15. The average molecular weight is 295 g/mol. The van der Waals surface area contributed by atoms with Crippen molar-refractivity contribution >= 4 is 42.7 Å². The number of aromatic amines is 1. The van der Waals surface area contributed by atoms with Crippen LogP contribution in [0.5, 0.6) is 0 Å².